The zero-order chi connectivity index (χ0) is 17.7. The Balaban J connectivity index is 2.04. The summed E-state index contributed by atoms with van der Waals surface area (Å²) in [6.07, 6.45) is 3.42. The molecule has 1 aliphatic heterocycles. The summed E-state index contributed by atoms with van der Waals surface area (Å²) < 4.78 is 5.36. The Morgan fingerprint density at radius 2 is 1.96 bits per heavy atom. The minimum absolute atomic E-state index is 0.0283. The van der Waals surface area contributed by atoms with Crippen molar-refractivity contribution in [3.63, 3.8) is 0 Å². The van der Waals surface area contributed by atoms with E-state index in [-0.39, 0.29) is 18.5 Å². The topological polar surface area (TPSA) is 49.8 Å². The molecule has 0 spiro atoms. The van der Waals surface area contributed by atoms with E-state index in [1.165, 1.54) is 24.1 Å². The predicted molar refractivity (Wildman–Crippen MR) is 97.5 cm³/mol. The Morgan fingerprint density at radius 3 is 2.54 bits per heavy atom. The minimum atomic E-state index is -0.460. The first-order valence-electron chi connectivity index (χ1n) is 8.98. The van der Waals surface area contributed by atoms with Crippen LogP contribution < -0.4 is 4.90 Å². The lowest BCUT2D eigenvalue weighted by molar-refractivity contribution is -0.155. The molecule has 1 atom stereocenters. The van der Waals surface area contributed by atoms with E-state index in [1.807, 2.05) is 20.8 Å². The number of aliphatic hydroxyl groups is 1. The van der Waals surface area contributed by atoms with Crippen molar-refractivity contribution in [3.05, 3.63) is 29.3 Å². The number of hydrogen-bond acceptors (Lipinski definition) is 4. The van der Waals surface area contributed by atoms with Gasteiger partial charge in [-0.3, -0.25) is 4.79 Å². The van der Waals surface area contributed by atoms with Crippen molar-refractivity contribution >= 4 is 11.7 Å². The highest BCUT2D eigenvalue weighted by Gasteiger charge is 2.20. The fourth-order valence-electron chi connectivity index (χ4n) is 3.23. The summed E-state index contributed by atoms with van der Waals surface area (Å²) in [4.78, 5) is 14.3. The summed E-state index contributed by atoms with van der Waals surface area (Å²) in [5, 5.41) is 9.78. The Morgan fingerprint density at radius 1 is 1.29 bits per heavy atom. The molecule has 2 rings (SSSR count). The second-order valence-electron chi connectivity index (χ2n) is 7.74. The number of anilines is 1. The van der Waals surface area contributed by atoms with Crippen LogP contribution >= 0.6 is 0 Å². The van der Waals surface area contributed by atoms with Gasteiger partial charge in [-0.2, -0.15) is 0 Å². The van der Waals surface area contributed by atoms with Gasteiger partial charge in [0.25, 0.3) is 0 Å². The van der Waals surface area contributed by atoms with Crippen LogP contribution in [0.4, 0.5) is 5.69 Å². The van der Waals surface area contributed by atoms with Gasteiger partial charge in [0.05, 0.1) is 0 Å². The second kappa shape index (κ2) is 8.02. The lowest BCUT2D eigenvalue weighted by Crippen LogP contribution is -2.24. The number of carbonyl (C=O) groups excluding carboxylic acids is 1. The fraction of sp³-hybridized carbons (Fsp3) is 0.650. The van der Waals surface area contributed by atoms with Gasteiger partial charge in [0.15, 0.2) is 0 Å². The molecule has 4 nitrogen and oxygen atoms in total. The van der Waals surface area contributed by atoms with Gasteiger partial charge in [0, 0.05) is 37.7 Å². The summed E-state index contributed by atoms with van der Waals surface area (Å²) >= 11 is 0. The van der Waals surface area contributed by atoms with Gasteiger partial charge in [-0.15, -0.1) is 0 Å². The molecule has 1 saturated heterocycles. The van der Waals surface area contributed by atoms with Gasteiger partial charge in [-0.05, 0) is 64.2 Å². The van der Waals surface area contributed by atoms with Gasteiger partial charge in [0.2, 0.25) is 0 Å². The van der Waals surface area contributed by atoms with Crippen molar-refractivity contribution in [2.75, 3.05) is 24.6 Å². The summed E-state index contributed by atoms with van der Waals surface area (Å²) in [6.45, 7) is 10.00. The van der Waals surface area contributed by atoms with Gasteiger partial charge in [0.1, 0.15) is 5.60 Å². The van der Waals surface area contributed by atoms with E-state index < -0.39 is 5.60 Å². The van der Waals surface area contributed by atoms with Crippen LogP contribution in [0.15, 0.2) is 18.2 Å². The van der Waals surface area contributed by atoms with Crippen molar-refractivity contribution in [1.29, 1.82) is 0 Å². The number of ether oxygens (including phenoxy) is 1. The van der Waals surface area contributed by atoms with Crippen LogP contribution in [0.2, 0.25) is 0 Å². The van der Waals surface area contributed by atoms with E-state index in [0.29, 0.717) is 12.8 Å². The van der Waals surface area contributed by atoms with Crippen LogP contribution in [-0.2, 0) is 9.53 Å². The molecule has 0 aliphatic carbocycles. The fourth-order valence-corrected chi connectivity index (χ4v) is 3.23. The molecule has 1 N–H and O–H groups in total. The summed E-state index contributed by atoms with van der Waals surface area (Å²) in [5.41, 5.74) is 3.18. The molecule has 134 valence electrons. The Kier molecular flexibility index (Phi) is 6.27. The first-order valence-corrected chi connectivity index (χ1v) is 8.98. The van der Waals surface area contributed by atoms with E-state index in [1.54, 1.807) is 0 Å². The third-order valence-electron chi connectivity index (χ3n) is 4.49. The molecule has 4 heteroatoms. The van der Waals surface area contributed by atoms with Crippen molar-refractivity contribution in [2.45, 2.75) is 64.9 Å². The third-order valence-corrected chi connectivity index (χ3v) is 4.49. The molecule has 1 unspecified atom stereocenters. The standard InChI is InChI=1S/C20H31NO3/c1-15-7-8-16(13-18(15)21-11-5-6-12-21)17(14-22)9-10-19(23)24-20(2,3)4/h7-8,13,17,22H,5-6,9-12,14H2,1-4H3. The van der Waals surface area contributed by atoms with Crippen LogP contribution in [0.5, 0.6) is 0 Å². The molecule has 0 amide bonds. The van der Waals surface area contributed by atoms with Gasteiger partial charge >= 0.3 is 5.97 Å². The van der Waals surface area contributed by atoms with Gasteiger partial charge < -0.3 is 14.7 Å². The van der Waals surface area contributed by atoms with Crippen molar-refractivity contribution < 1.29 is 14.6 Å². The molecular weight excluding hydrogens is 302 g/mol. The highest BCUT2D eigenvalue weighted by Crippen LogP contribution is 2.30. The van der Waals surface area contributed by atoms with Crippen LogP contribution in [-0.4, -0.2) is 36.4 Å². The summed E-state index contributed by atoms with van der Waals surface area (Å²) in [6, 6.07) is 6.39. The van der Waals surface area contributed by atoms with Gasteiger partial charge in [-0.25, -0.2) is 0 Å². The number of rotatable bonds is 6. The number of aryl methyl sites for hydroxylation is 1. The largest absolute Gasteiger partial charge is 0.460 e. The monoisotopic (exact) mass is 333 g/mol. The van der Waals surface area contributed by atoms with Crippen molar-refractivity contribution in [2.24, 2.45) is 0 Å². The van der Waals surface area contributed by atoms with E-state index in [4.69, 9.17) is 4.74 Å². The molecule has 1 aromatic rings. The lowest BCUT2D eigenvalue weighted by Gasteiger charge is -2.24. The number of esters is 1. The first kappa shape index (κ1) is 18.8. The normalized spacial score (nSPS) is 16.3. The third kappa shape index (κ3) is 5.23. The number of aliphatic hydroxyl groups excluding tert-OH is 1. The molecule has 0 saturated carbocycles. The highest BCUT2D eigenvalue weighted by atomic mass is 16.6. The van der Waals surface area contributed by atoms with Crippen LogP contribution in [0.1, 0.15) is 63.5 Å². The highest BCUT2D eigenvalue weighted by molar-refractivity contribution is 5.70. The number of hydrogen-bond donors (Lipinski definition) is 1. The van der Waals surface area contributed by atoms with E-state index in [9.17, 15) is 9.90 Å². The number of nitrogens with zero attached hydrogens (tertiary/aromatic N) is 1. The molecule has 0 radical (unpaired) electrons. The smallest absolute Gasteiger partial charge is 0.306 e. The maximum absolute atomic E-state index is 11.9. The van der Waals surface area contributed by atoms with Crippen LogP contribution in [0, 0.1) is 6.92 Å². The van der Waals surface area contributed by atoms with Crippen molar-refractivity contribution in [1.82, 2.24) is 0 Å². The summed E-state index contributed by atoms with van der Waals surface area (Å²) in [7, 11) is 0. The molecule has 0 aromatic heterocycles. The van der Waals surface area contributed by atoms with E-state index in [2.05, 4.69) is 30.0 Å². The minimum Gasteiger partial charge on any atom is -0.460 e. The Labute approximate surface area is 145 Å². The van der Waals surface area contributed by atoms with Gasteiger partial charge in [-0.1, -0.05) is 12.1 Å². The zero-order valence-corrected chi connectivity index (χ0v) is 15.5. The summed E-state index contributed by atoms with van der Waals surface area (Å²) in [5.74, 6) is -0.229. The maximum Gasteiger partial charge on any atom is 0.306 e. The zero-order valence-electron chi connectivity index (χ0n) is 15.5. The molecule has 1 heterocycles. The Bertz CT molecular complexity index is 556. The average Bonchev–Trinajstić information content (AvgIpc) is 3.01. The molecule has 1 aromatic carbocycles. The molecular formula is C20H31NO3. The second-order valence-corrected chi connectivity index (χ2v) is 7.74. The molecule has 1 fully saturated rings. The quantitative estimate of drug-likeness (QED) is 0.805. The molecule has 24 heavy (non-hydrogen) atoms. The van der Waals surface area contributed by atoms with E-state index in [0.717, 1.165) is 18.7 Å². The predicted octanol–water partition coefficient (Wildman–Crippen LogP) is 3.79. The van der Waals surface area contributed by atoms with Crippen LogP contribution in [0.3, 0.4) is 0 Å². The average molecular weight is 333 g/mol. The first-order chi connectivity index (χ1) is 11.3. The SMILES string of the molecule is Cc1ccc(C(CO)CCC(=O)OC(C)(C)C)cc1N1CCCC1. The molecule has 0 bridgehead atoms. The maximum atomic E-state index is 11.9. The van der Waals surface area contributed by atoms with E-state index >= 15 is 0 Å². The molecule has 1 aliphatic rings. The lowest BCUT2D eigenvalue weighted by atomic mass is 9.93. The number of carbonyl (C=O) groups is 1. The van der Waals surface area contributed by atoms with Crippen molar-refractivity contribution in [3.8, 4) is 0 Å². The van der Waals surface area contributed by atoms with Crippen LogP contribution in [0.25, 0.3) is 0 Å². The Hall–Kier alpha value is -1.55. The number of benzene rings is 1.